The summed E-state index contributed by atoms with van der Waals surface area (Å²) >= 11 is 0. The molecule has 3 saturated heterocycles. The van der Waals surface area contributed by atoms with E-state index in [-0.39, 0.29) is 31.1 Å². The van der Waals surface area contributed by atoms with E-state index < -0.39 is 41.1 Å². The molecule has 0 saturated carbocycles. The largest absolute Gasteiger partial charge is 0.466 e. The van der Waals surface area contributed by atoms with Crippen LogP contribution >= 0.6 is 0 Å². The Bertz CT molecular complexity index is 699. The Morgan fingerprint density at radius 1 is 1.30 bits per heavy atom. The third kappa shape index (κ3) is 3.23. The quantitative estimate of drug-likeness (QED) is 0.542. The van der Waals surface area contributed by atoms with Crippen molar-refractivity contribution in [1.29, 1.82) is 0 Å². The van der Waals surface area contributed by atoms with Gasteiger partial charge >= 0.3 is 5.97 Å². The third-order valence-electron chi connectivity index (χ3n) is 7.26. The maximum atomic E-state index is 13.6. The van der Waals surface area contributed by atoms with Gasteiger partial charge in [-0.2, -0.15) is 0 Å². The highest BCUT2D eigenvalue weighted by Gasteiger charge is 2.79. The van der Waals surface area contributed by atoms with Crippen LogP contribution in [0.25, 0.3) is 0 Å². The number of nitrogens with zero attached hydrogens (tertiary/aromatic N) is 1. The Balaban J connectivity index is 2.05. The van der Waals surface area contributed by atoms with E-state index in [4.69, 9.17) is 9.47 Å². The first-order valence-corrected chi connectivity index (χ1v) is 11.3. The first-order valence-electron chi connectivity index (χ1n) is 11.3. The Hall–Kier alpha value is -1.67. The van der Waals surface area contributed by atoms with Gasteiger partial charge in [-0.1, -0.05) is 20.3 Å². The van der Waals surface area contributed by atoms with Gasteiger partial charge in [-0.25, -0.2) is 0 Å². The second kappa shape index (κ2) is 8.46. The predicted molar refractivity (Wildman–Crippen MR) is 109 cm³/mol. The number of hydrogen-bond acceptors (Lipinski definition) is 6. The van der Waals surface area contributed by atoms with Crippen molar-refractivity contribution in [3.8, 4) is 0 Å². The summed E-state index contributed by atoms with van der Waals surface area (Å²) in [6, 6.07) is -1.47. The van der Waals surface area contributed by atoms with E-state index in [0.29, 0.717) is 19.3 Å². The Morgan fingerprint density at radius 3 is 2.57 bits per heavy atom. The van der Waals surface area contributed by atoms with Crippen LogP contribution in [-0.2, 0) is 23.9 Å². The van der Waals surface area contributed by atoms with Crippen LogP contribution in [0.4, 0.5) is 0 Å². The Morgan fingerprint density at radius 2 is 2.00 bits per heavy atom. The van der Waals surface area contributed by atoms with Gasteiger partial charge in [-0.05, 0) is 46.5 Å². The summed E-state index contributed by atoms with van der Waals surface area (Å²) in [4.78, 5) is 41.5. The average Bonchev–Trinajstić information content (AvgIpc) is 3.31. The summed E-state index contributed by atoms with van der Waals surface area (Å²) < 4.78 is 11.9. The van der Waals surface area contributed by atoms with Gasteiger partial charge < -0.3 is 24.8 Å². The van der Waals surface area contributed by atoms with Crippen LogP contribution in [0.1, 0.15) is 66.7 Å². The zero-order chi connectivity index (χ0) is 22.3. The molecule has 30 heavy (non-hydrogen) atoms. The number of rotatable bonds is 9. The topological polar surface area (TPSA) is 105 Å². The van der Waals surface area contributed by atoms with Crippen LogP contribution in [0, 0.1) is 11.8 Å². The van der Waals surface area contributed by atoms with Gasteiger partial charge in [-0.3, -0.25) is 14.4 Å². The van der Waals surface area contributed by atoms with E-state index in [1.807, 2.05) is 20.8 Å². The van der Waals surface area contributed by atoms with Crippen LogP contribution in [0.3, 0.4) is 0 Å². The van der Waals surface area contributed by atoms with Gasteiger partial charge in [0.2, 0.25) is 11.8 Å². The third-order valence-corrected chi connectivity index (χ3v) is 7.26. The monoisotopic (exact) mass is 424 g/mol. The van der Waals surface area contributed by atoms with Gasteiger partial charge in [0.15, 0.2) is 0 Å². The average molecular weight is 425 g/mol. The zero-order valence-electron chi connectivity index (χ0n) is 18.8. The number of amides is 2. The van der Waals surface area contributed by atoms with Crippen LogP contribution < -0.4 is 5.32 Å². The van der Waals surface area contributed by atoms with Gasteiger partial charge in [0.1, 0.15) is 17.6 Å². The van der Waals surface area contributed by atoms with Crippen molar-refractivity contribution in [3.63, 3.8) is 0 Å². The predicted octanol–water partition coefficient (Wildman–Crippen LogP) is 1.39. The molecule has 2 bridgehead atoms. The highest BCUT2D eigenvalue weighted by molar-refractivity contribution is 5.98. The van der Waals surface area contributed by atoms with Gasteiger partial charge in [-0.15, -0.1) is 0 Å². The number of nitrogens with one attached hydrogen (secondary N) is 1. The molecule has 0 aromatic heterocycles. The number of fused-ring (bicyclic) bond motifs is 1. The van der Waals surface area contributed by atoms with E-state index in [0.717, 1.165) is 12.8 Å². The number of ether oxygens (including phenoxy) is 2. The second-order valence-electron chi connectivity index (χ2n) is 9.06. The molecule has 3 aliphatic rings. The number of aliphatic hydroxyl groups is 1. The summed E-state index contributed by atoms with van der Waals surface area (Å²) in [7, 11) is 0. The molecule has 3 aliphatic heterocycles. The van der Waals surface area contributed by atoms with E-state index in [2.05, 4.69) is 5.32 Å². The molecule has 3 rings (SSSR count). The van der Waals surface area contributed by atoms with E-state index >= 15 is 0 Å². The molecule has 0 radical (unpaired) electrons. The van der Waals surface area contributed by atoms with Crippen molar-refractivity contribution in [2.75, 3.05) is 13.2 Å². The van der Waals surface area contributed by atoms with Crippen molar-refractivity contribution < 1.29 is 29.0 Å². The standard InChI is InChI=1S/C22H36N2O6/c1-6-9-13(4)23-18(26)17-22-11-10-21(7-2,30-22)16(20(28)29-8-3)15(22)19(27)24(17)14(5)12-25/h13-17,25H,6-12H2,1-5H3,(H,23,26)/t13?,14-,15+,16-,17?,21+,22?/m1/s1. The van der Waals surface area contributed by atoms with Crippen molar-refractivity contribution in [1.82, 2.24) is 10.2 Å². The second-order valence-corrected chi connectivity index (χ2v) is 9.06. The lowest BCUT2D eigenvalue weighted by Crippen LogP contribution is -2.58. The molecule has 1 spiro atoms. The molecule has 8 heteroatoms. The summed E-state index contributed by atoms with van der Waals surface area (Å²) in [5.74, 6) is -2.51. The molecular weight excluding hydrogens is 388 g/mol. The first-order chi connectivity index (χ1) is 14.2. The number of esters is 1. The SMILES string of the molecule is CCCC(C)NC(=O)C1N([C@H](C)CO)C(=O)[C@@H]2[C@H](C(=O)OCC)[C@]3(CC)CCC12O3. The van der Waals surface area contributed by atoms with Crippen LogP contribution in [0.5, 0.6) is 0 Å². The lowest BCUT2D eigenvalue weighted by Gasteiger charge is -2.36. The summed E-state index contributed by atoms with van der Waals surface area (Å²) in [5.41, 5.74) is -1.85. The maximum absolute atomic E-state index is 13.6. The van der Waals surface area contributed by atoms with E-state index in [1.165, 1.54) is 4.90 Å². The fraction of sp³-hybridized carbons (Fsp3) is 0.864. The molecule has 3 unspecified atom stereocenters. The molecule has 3 fully saturated rings. The van der Waals surface area contributed by atoms with Crippen molar-refractivity contribution in [2.45, 2.75) is 96.1 Å². The number of hydrogen-bond donors (Lipinski definition) is 2. The van der Waals surface area contributed by atoms with Crippen LogP contribution in [0.15, 0.2) is 0 Å². The Labute approximate surface area is 178 Å². The zero-order valence-corrected chi connectivity index (χ0v) is 18.8. The normalized spacial score (nSPS) is 36.5. The molecule has 8 nitrogen and oxygen atoms in total. The van der Waals surface area contributed by atoms with Gasteiger partial charge in [0.25, 0.3) is 0 Å². The molecule has 0 aromatic carbocycles. The Kier molecular flexibility index (Phi) is 6.49. The molecule has 0 aromatic rings. The van der Waals surface area contributed by atoms with Gasteiger partial charge in [0.05, 0.1) is 30.8 Å². The van der Waals surface area contributed by atoms with Crippen molar-refractivity contribution in [2.24, 2.45) is 11.8 Å². The molecular formula is C22H36N2O6. The minimum absolute atomic E-state index is 0.0427. The highest BCUT2D eigenvalue weighted by Crippen LogP contribution is 2.64. The number of carbonyl (C=O) groups is 3. The maximum Gasteiger partial charge on any atom is 0.312 e. The summed E-state index contributed by atoms with van der Waals surface area (Å²) in [6.45, 7) is 9.34. The van der Waals surface area contributed by atoms with E-state index in [9.17, 15) is 19.5 Å². The minimum atomic E-state index is -1.07. The lowest BCUT2D eigenvalue weighted by molar-refractivity contribution is -0.161. The number of aliphatic hydroxyl groups excluding tert-OH is 1. The lowest BCUT2D eigenvalue weighted by atomic mass is 9.65. The fourth-order valence-electron chi connectivity index (χ4n) is 5.94. The molecule has 170 valence electrons. The molecule has 7 atom stereocenters. The number of carbonyl (C=O) groups excluding carboxylic acids is 3. The summed E-state index contributed by atoms with van der Waals surface area (Å²) in [5, 5.41) is 12.8. The van der Waals surface area contributed by atoms with Crippen molar-refractivity contribution >= 4 is 17.8 Å². The van der Waals surface area contributed by atoms with Crippen molar-refractivity contribution in [3.05, 3.63) is 0 Å². The molecule has 2 amide bonds. The van der Waals surface area contributed by atoms with Crippen LogP contribution in [0.2, 0.25) is 0 Å². The van der Waals surface area contributed by atoms with Crippen LogP contribution in [-0.4, -0.2) is 70.3 Å². The van der Waals surface area contributed by atoms with Gasteiger partial charge in [0, 0.05) is 6.04 Å². The first kappa shape index (κ1) is 23.0. The molecule has 3 heterocycles. The molecule has 2 N–H and O–H groups in total. The summed E-state index contributed by atoms with van der Waals surface area (Å²) in [6.07, 6.45) is 3.45. The number of likely N-dealkylation sites (tertiary alicyclic amines) is 1. The smallest absolute Gasteiger partial charge is 0.312 e. The fourth-order valence-corrected chi connectivity index (χ4v) is 5.94. The minimum Gasteiger partial charge on any atom is -0.466 e. The molecule has 0 aliphatic carbocycles. The van der Waals surface area contributed by atoms with E-state index in [1.54, 1.807) is 13.8 Å². The highest BCUT2D eigenvalue weighted by atomic mass is 16.6.